The van der Waals surface area contributed by atoms with Gasteiger partial charge in [-0.15, -0.1) is 0 Å². The van der Waals surface area contributed by atoms with E-state index in [1.807, 2.05) is 25.1 Å². The Bertz CT molecular complexity index is 593. The second-order valence-corrected chi connectivity index (χ2v) is 5.75. The molecule has 2 N–H and O–H groups in total. The molecule has 2 aromatic rings. The molecule has 0 amide bonds. The quantitative estimate of drug-likeness (QED) is 0.908. The van der Waals surface area contributed by atoms with Crippen LogP contribution < -0.4 is 10.6 Å². The number of halogens is 1. The number of nitrogens with zero attached hydrogens (tertiary/aromatic N) is 1. The Hall–Kier alpha value is -1.51. The van der Waals surface area contributed by atoms with Crippen molar-refractivity contribution in [2.24, 2.45) is 5.73 Å². The molecule has 0 radical (unpaired) electrons. The molecule has 0 spiro atoms. The molecule has 0 aliphatic carbocycles. The van der Waals surface area contributed by atoms with Gasteiger partial charge in [-0.05, 0) is 37.1 Å². The maximum absolute atomic E-state index is 6.37. The van der Waals surface area contributed by atoms with E-state index in [1.165, 1.54) is 11.1 Å². The largest absolute Gasteiger partial charge is 0.369 e. The van der Waals surface area contributed by atoms with Crippen LogP contribution in [-0.2, 0) is 6.54 Å². The lowest BCUT2D eigenvalue weighted by atomic mass is 10.1. The summed E-state index contributed by atoms with van der Waals surface area (Å²) in [5.74, 6) is 0. The van der Waals surface area contributed by atoms with Gasteiger partial charge in [-0.1, -0.05) is 47.5 Å². The molecule has 2 aromatic carbocycles. The molecule has 2 rings (SSSR count). The normalized spacial score (nSPS) is 12.2. The summed E-state index contributed by atoms with van der Waals surface area (Å²) in [4.78, 5) is 2.15. The molecule has 0 heterocycles. The van der Waals surface area contributed by atoms with Gasteiger partial charge in [-0.2, -0.15) is 0 Å². The molecule has 0 aliphatic rings. The number of aryl methyl sites for hydroxylation is 1. The zero-order chi connectivity index (χ0) is 14.7. The zero-order valence-electron chi connectivity index (χ0n) is 12.2. The van der Waals surface area contributed by atoms with E-state index in [-0.39, 0.29) is 6.04 Å². The van der Waals surface area contributed by atoms with Crippen molar-refractivity contribution in [3.05, 3.63) is 64.2 Å². The summed E-state index contributed by atoms with van der Waals surface area (Å²) in [7, 11) is 2.05. The Balaban J connectivity index is 2.19. The topological polar surface area (TPSA) is 29.3 Å². The summed E-state index contributed by atoms with van der Waals surface area (Å²) in [6.07, 6.45) is 0. The van der Waals surface area contributed by atoms with Crippen molar-refractivity contribution in [2.75, 3.05) is 11.9 Å². The fraction of sp³-hybridized carbons (Fsp3) is 0.294. The van der Waals surface area contributed by atoms with E-state index in [4.69, 9.17) is 17.3 Å². The summed E-state index contributed by atoms with van der Waals surface area (Å²) in [6, 6.07) is 14.6. The molecule has 106 valence electrons. The standard InChI is InChI=1S/C17H21ClN2/c1-12-5-4-6-14(9-12)11-20(3)17-8-7-15(13(2)19)10-16(17)18/h4-10,13H,11,19H2,1-3H3/t13-/m0/s1. The summed E-state index contributed by atoms with van der Waals surface area (Å²) < 4.78 is 0. The highest BCUT2D eigenvalue weighted by Crippen LogP contribution is 2.28. The van der Waals surface area contributed by atoms with Crippen LogP contribution in [0.25, 0.3) is 0 Å². The van der Waals surface area contributed by atoms with Crippen LogP contribution in [0.4, 0.5) is 5.69 Å². The zero-order valence-corrected chi connectivity index (χ0v) is 13.0. The first-order chi connectivity index (χ1) is 9.47. The second kappa shape index (κ2) is 6.29. The Morgan fingerprint density at radius 1 is 1.20 bits per heavy atom. The monoisotopic (exact) mass is 288 g/mol. The number of anilines is 1. The van der Waals surface area contributed by atoms with Crippen molar-refractivity contribution in [3.8, 4) is 0 Å². The molecule has 0 bridgehead atoms. The molecule has 0 fully saturated rings. The van der Waals surface area contributed by atoms with Crippen LogP contribution >= 0.6 is 11.6 Å². The lowest BCUT2D eigenvalue weighted by molar-refractivity contribution is 0.817. The number of benzene rings is 2. The number of rotatable bonds is 4. The summed E-state index contributed by atoms with van der Waals surface area (Å²) >= 11 is 6.37. The van der Waals surface area contributed by atoms with Crippen LogP contribution in [0.5, 0.6) is 0 Å². The number of hydrogen-bond acceptors (Lipinski definition) is 2. The van der Waals surface area contributed by atoms with Crippen molar-refractivity contribution in [1.29, 1.82) is 0 Å². The van der Waals surface area contributed by atoms with Crippen molar-refractivity contribution in [2.45, 2.75) is 26.4 Å². The van der Waals surface area contributed by atoms with Gasteiger partial charge < -0.3 is 10.6 Å². The van der Waals surface area contributed by atoms with E-state index in [0.29, 0.717) is 0 Å². The van der Waals surface area contributed by atoms with Crippen LogP contribution in [0.3, 0.4) is 0 Å². The predicted molar refractivity (Wildman–Crippen MR) is 87.3 cm³/mol. The van der Waals surface area contributed by atoms with Crippen molar-refractivity contribution in [3.63, 3.8) is 0 Å². The van der Waals surface area contributed by atoms with Crippen LogP contribution in [0.15, 0.2) is 42.5 Å². The molecule has 0 saturated heterocycles. The van der Waals surface area contributed by atoms with Gasteiger partial charge >= 0.3 is 0 Å². The molecule has 0 aromatic heterocycles. The van der Waals surface area contributed by atoms with Crippen molar-refractivity contribution < 1.29 is 0 Å². The van der Waals surface area contributed by atoms with Crippen LogP contribution in [0, 0.1) is 6.92 Å². The summed E-state index contributed by atoms with van der Waals surface area (Å²) in [5.41, 5.74) is 10.5. The molecule has 0 aliphatic heterocycles. The van der Waals surface area contributed by atoms with E-state index < -0.39 is 0 Å². The van der Waals surface area contributed by atoms with Crippen molar-refractivity contribution in [1.82, 2.24) is 0 Å². The predicted octanol–water partition coefficient (Wildman–Crippen LogP) is 4.30. The molecular formula is C17H21ClN2. The summed E-state index contributed by atoms with van der Waals surface area (Å²) in [5, 5.41) is 0.745. The fourth-order valence-corrected chi connectivity index (χ4v) is 2.62. The van der Waals surface area contributed by atoms with Gasteiger partial charge in [0.15, 0.2) is 0 Å². The summed E-state index contributed by atoms with van der Waals surface area (Å²) in [6.45, 7) is 4.90. The van der Waals surface area contributed by atoms with Crippen LogP contribution in [-0.4, -0.2) is 7.05 Å². The maximum Gasteiger partial charge on any atom is 0.0642 e. The molecule has 0 unspecified atom stereocenters. The Labute approximate surface area is 126 Å². The van der Waals surface area contributed by atoms with E-state index in [1.54, 1.807) is 0 Å². The lowest BCUT2D eigenvalue weighted by Gasteiger charge is -2.22. The van der Waals surface area contributed by atoms with Gasteiger partial charge in [0.1, 0.15) is 0 Å². The minimum atomic E-state index is 0.00336. The highest BCUT2D eigenvalue weighted by molar-refractivity contribution is 6.33. The fourth-order valence-electron chi connectivity index (χ4n) is 2.29. The Kier molecular flexibility index (Phi) is 4.69. The minimum Gasteiger partial charge on any atom is -0.369 e. The molecule has 0 saturated carbocycles. The molecule has 1 atom stereocenters. The van der Waals surface area contributed by atoms with Crippen LogP contribution in [0.1, 0.15) is 29.7 Å². The third-order valence-corrected chi connectivity index (χ3v) is 3.71. The number of nitrogens with two attached hydrogens (primary N) is 1. The first-order valence-corrected chi connectivity index (χ1v) is 7.17. The van der Waals surface area contributed by atoms with Gasteiger partial charge in [0.25, 0.3) is 0 Å². The molecule has 20 heavy (non-hydrogen) atoms. The van der Waals surface area contributed by atoms with Gasteiger partial charge in [0.2, 0.25) is 0 Å². The average Bonchev–Trinajstić information content (AvgIpc) is 2.38. The van der Waals surface area contributed by atoms with Gasteiger partial charge in [0, 0.05) is 19.6 Å². The average molecular weight is 289 g/mol. The van der Waals surface area contributed by atoms with Gasteiger partial charge in [-0.3, -0.25) is 0 Å². The first-order valence-electron chi connectivity index (χ1n) is 6.79. The van der Waals surface area contributed by atoms with Gasteiger partial charge in [-0.25, -0.2) is 0 Å². The Morgan fingerprint density at radius 2 is 1.95 bits per heavy atom. The van der Waals surface area contributed by atoms with E-state index >= 15 is 0 Å². The minimum absolute atomic E-state index is 0.00336. The molecule has 2 nitrogen and oxygen atoms in total. The smallest absolute Gasteiger partial charge is 0.0642 e. The SMILES string of the molecule is Cc1cccc(CN(C)c2ccc([C@H](C)N)cc2Cl)c1. The number of hydrogen-bond donors (Lipinski definition) is 1. The van der Waals surface area contributed by atoms with Crippen molar-refractivity contribution >= 4 is 17.3 Å². The van der Waals surface area contributed by atoms with Gasteiger partial charge in [0.05, 0.1) is 10.7 Å². The first kappa shape index (κ1) is 14.9. The molecule has 3 heteroatoms. The lowest BCUT2D eigenvalue weighted by Crippen LogP contribution is -2.17. The highest BCUT2D eigenvalue weighted by atomic mass is 35.5. The van der Waals surface area contributed by atoms with E-state index in [2.05, 4.69) is 43.1 Å². The van der Waals surface area contributed by atoms with E-state index in [9.17, 15) is 0 Å². The third kappa shape index (κ3) is 3.53. The van der Waals surface area contributed by atoms with Crippen LogP contribution in [0.2, 0.25) is 5.02 Å². The maximum atomic E-state index is 6.37. The third-order valence-electron chi connectivity index (χ3n) is 3.41. The highest BCUT2D eigenvalue weighted by Gasteiger charge is 2.09. The van der Waals surface area contributed by atoms with E-state index in [0.717, 1.165) is 22.8 Å². The second-order valence-electron chi connectivity index (χ2n) is 5.34. The molecular weight excluding hydrogens is 268 g/mol. The Morgan fingerprint density at radius 3 is 2.55 bits per heavy atom.